The molecule has 5 nitrogen and oxygen atoms in total. The second-order valence-corrected chi connectivity index (χ2v) is 7.12. The third-order valence-electron chi connectivity index (χ3n) is 3.89. The molecule has 1 aliphatic heterocycles. The van der Waals surface area contributed by atoms with Crippen LogP contribution >= 0.6 is 0 Å². The molecule has 132 valence electrons. The van der Waals surface area contributed by atoms with Crippen LogP contribution in [0.15, 0.2) is 24.3 Å². The van der Waals surface area contributed by atoms with E-state index in [0.29, 0.717) is 18.5 Å². The monoisotopic (exact) mass is 336 g/mol. The van der Waals surface area contributed by atoms with E-state index in [0.717, 1.165) is 6.42 Å². The van der Waals surface area contributed by atoms with Crippen LogP contribution in [-0.4, -0.2) is 35.1 Å². The van der Waals surface area contributed by atoms with Crippen molar-refractivity contribution in [2.75, 3.05) is 6.54 Å². The van der Waals surface area contributed by atoms with Crippen molar-refractivity contribution in [3.8, 4) is 0 Å². The van der Waals surface area contributed by atoms with Gasteiger partial charge in [-0.05, 0) is 58.2 Å². The molecule has 1 N–H and O–H groups in total. The average Bonchev–Trinajstić information content (AvgIpc) is 2.95. The maximum absolute atomic E-state index is 13.3. The van der Waals surface area contributed by atoms with Crippen molar-refractivity contribution in [1.82, 2.24) is 10.2 Å². The molecule has 1 fully saturated rings. The Morgan fingerprint density at radius 3 is 2.71 bits per heavy atom. The molecule has 1 aliphatic rings. The Bertz CT molecular complexity index is 613. The zero-order valence-corrected chi connectivity index (χ0v) is 14.6. The van der Waals surface area contributed by atoms with Crippen LogP contribution in [0.2, 0.25) is 0 Å². The Kier molecular flexibility index (Phi) is 5.47. The van der Waals surface area contributed by atoms with Crippen LogP contribution in [0.25, 0.3) is 0 Å². The highest BCUT2D eigenvalue weighted by Crippen LogP contribution is 2.22. The number of carbonyl (C=O) groups excluding carboxylic acids is 2. The molecule has 1 aromatic carbocycles. The molecule has 0 aromatic heterocycles. The number of nitrogens with one attached hydrogen (secondary N) is 1. The number of hydrogen-bond acceptors (Lipinski definition) is 3. The van der Waals surface area contributed by atoms with Crippen LogP contribution < -0.4 is 5.32 Å². The highest BCUT2D eigenvalue weighted by atomic mass is 19.1. The molecule has 0 radical (unpaired) electrons. The Labute approximate surface area is 142 Å². The van der Waals surface area contributed by atoms with Crippen molar-refractivity contribution in [3.05, 3.63) is 35.6 Å². The van der Waals surface area contributed by atoms with Gasteiger partial charge in [0.05, 0.1) is 6.04 Å². The Hall–Kier alpha value is -2.11. The van der Waals surface area contributed by atoms with Crippen LogP contribution in [0.4, 0.5) is 9.18 Å². The van der Waals surface area contributed by atoms with Gasteiger partial charge in [-0.15, -0.1) is 0 Å². The molecule has 0 bridgehead atoms. The third kappa shape index (κ3) is 4.69. The summed E-state index contributed by atoms with van der Waals surface area (Å²) in [6.07, 6.45) is 0.880. The van der Waals surface area contributed by atoms with Crippen molar-refractivity contribution >= 4 is 12.0 Å². The van der Waals surface area contributed by atoms with E-state index >= 15 is 0 Å². The molecule has 24 heavy (non-hydrogen) atoms. The van der Waals surface area contributed by atoms with E-state index in [1.54, 1.807) is 39.8 Å². The lowest BCUT2D eigenvalue weighted by Gasteiger charge is -2.28. The zero-order valence-electron chi connectivity index (χ0n) is 14.6. The van der Waals surface area contributed by atoms with Crippen LogP contribution in [0.3, 0.4) is 0 Å². The van der Waals surface area contributed by atoms with E-state index < -0.39 is 17.7 Å². The number of amides is 2. The van der Waals surface area contributed by atoms with E-state index in [2.05, 4.69) is 5.32 Å². The fourth-order valence-corrected chi connectivity index (χ4v) is 2.75. The van der Waals surface area contributed by atoms with Gasteiger partial charge in [-0.2, -0.15) is 0 Å². The minimum Gasteiger partial charge on any atom is -0.444 e. The number of hydrogen-bond donors (Lipinski definition) is 1. The van der Waals surface area contributed by atoms with Crippen molar-refractivity contribution in [3.63, 3.8) is 0 Å². The van der Waals surface area contributed by atoms with E-state index in [1.165, 1.54) is 17.0 Å². The second-order valence-electron chi connectivity index (χ2n) is 7.12. The van der Waals surface area contributed by atoms with Gasteiger partial charge >= 0.3 is 6.09 Å². The van der Waals surface area contributed by atoms with Crippen molar-refractivity contribution in [2.24, 2.45) is 0 Å². The summed E-state index contributed by atoms with van der Waals surface area (Å²) in [4.78, 5) is 26.3. The van der Waals surface area contributed by atoms with E-state index in [-0.39, 0.29) is 17.8 Å². The topological polar surface area (TPSA) is 58.6 Å². The number of halogens is 1. The summed E-state index contributed by atoms with van der Waals surface area (Å²) in [5.41, 5.74) is 0.0837. The van der Waals surface area contributed by atoms with E-state index in [1.807, 2.05) is 0 Å². The van der Waals surface area contributed by atoms with Gasteiger partial charge in [0.1, 0.15) is 17.5 Å². The van der Waals surface area contributed by atoms with Gasteiger partial charge in [-0.3, -0.25) is 9.69 Å². The Balaban J connectivity index is 2.01. The highest BCUT2D eigenvalue weighted by molar-refractivity contribution is 5.86. The standard InChI is InChI=1S/C18H25FN2O3/c1-12(13-7-5-8-14(19)11-13)20-16(22)15-9-6-10-21(15)17(23)24-18(2,3)4/h5,7-8,11-12,15H,6,9-10H2,1-4H3,(H,20,22)/t12-,15-/m0/s1. The Morgan fingerprint density at radius 1 is 1.38 bits per heavy atom. The molecule has 0 aliphatic carbocycles. The van der Waals surface area contributed by atoms with Gasteiger partial charge in [0.15, 0.2) is 0 Å². The second kappa shape index (κ2) is 7.20. The molecule has 1 heterocycles. The summed E-state index contributed by atoms with van der Waals surface area (Å²) in [7, 11) is 0. The lowest BCUT2D eigenvalue weighted by Crippen LogP contribution is -2.48. The molecule has 2 rings (SSSR count). The molecular formula is C18H25FN2O3. The normalized spacial score (nSPS) is 19.0. The SMILES string of the molecule is C[C@H](NC(=O)[C@@H]1CCCN1C(=O)OC(C)(C)C)c1cccc(F)c1. The van der Waals surface area contributed by atoms with Gasteiger partial charge in [0.25, 0.3) is 0 Å². The minimum absolute atomic E-state index is 0.241. The summed E-state index contributed by atoms with van der Waals surface area (Å²) in [5.74, 6) is -0.583. The lowest BCUT2D eigenvalue weighted by atomic mass is 10.1. The fraction of sp³-hybridized carbons (Fsp3) is 0.556. The molecular weight excluding hydrogens is 311 g/mol. The molecule has 0 saturated carbocycles. The maximum atomic E-state index is 13.3. The summed E-state index contributed by atoms with van der Waals surface area (Å²) in [5, 5.41) is 2.86. The minimum atomic E-state index is -0.602. The fourth-order valence-electron chi connectivity index (χ4n) is 2.75. The first-order chi connectivity index (χ1) is 11.2. The first kappa shape index (κ1) is 18.2. The van der Waals surface area contributed by atoms with Crippen LogP contribution in [0, 0.1) is 5.82 Å². The van der Waals surface area contributed by atoms with Crippen molar-refractivity contribution in [2.45, 2.75) is 58.2 Å². The molecule has 1 saturated heterocycles. The largest absolute Gasteiger partial charge is 0.444 e. The number of nitrogens with zero attached hydrogens (tertiary/aromatic N) is 1. The first-order valence-corrected chi connectivity index (χ1v) is 8.23. The van der Waals surface area contributed by atoms with Gasteiger partial charge in [0, 0.05) is 6.54 Å². The number of ether oxygens (including phenoxy) is 1. The quantitative estimate of drug-likeness (QED) is 0.920. The molecule has 0 spiro atoms. The van der Waals surface area contributed by atoms with Crippen LogP contribution in [0.1, 0.15) is 52.1 Å². The number of carbonyl (C=O) groups is 2. The Morgan fingerprint density at radius 2 is 2.08 bits per heavy atom. The molecule has 2 amide bonds. The van der Waals surface area contributed by atoms with Crippen LogP contribution in [-0.2, 0) is 9.53 Å². The predicted octanol–water partition coefficient (Wildman–Crippen LogP) is 3.40. The number of likely N-dealkylation sites (tertiary alicyclic amines) is 1. The molecule has 1 aromatic rings. The number of rotatable bonds is 3. The predicted molar refractivity (Wildman–Crippen MR) is 88.9 cm³/mol. The number of benzene rings is 1. The van der Waals surface area contributed by atoms with Crippen molar-refractivity contribution < 1.29 is 18.7 Å². The van der Waals surface area contributed by atoms with E-state index in [9.17, 15) is 14.0 Å². The summed E-state index contributed by atoms with van der Waals surface area (Å²) < 4.78 is 18.7. The van der Waals surface area contributed by atoms with Crippen LogP contribution in [0.5, 0.6) is 0 Å². The van der Waals surface area contributed by atoms with Gasteiger partial charge < -0.3 is 10.1 Å². The average molecular weight is 336 g/mol. The maximum Gasteiger partial charge on any atom is 0.410 e. The summed E-state index contributed by atoms with van der Waals surface area (Å²) >= 11 is 0. The van der Waals surface area contributed by atoms with Gasteiger partial charge in [-0.1, -0.05) is 12.1 Å². The van der Waals surface area contributed by atoms with Gasteiger partial charge in [0.2, 0.25) is 5.91 Å². The summed E-state index contributed by atoms with van der Waals surface area (Å²) in [6.45, 7) is 7.67. The highest BCUT2D eigenvalue weighted by Gasteiger charge is 2.36. The first-order valence-electron chi connectivity index (χ1n) is 8.23. The van der Waals surface area contributed by atoms with Crippen molar-refractivity contribution in [1.29, 1.82) is 0 Å². The molecule has 6 heteroatoms. The molecule has 2 atom stereocenters. The molecule has 0 unspecified atom stereocenters. The summed E-state index contributed by atoms with van der Waals surface area (Å²) in [6, 6.07) is 5.24. The smallest absolute Gasteiger partial charge is 0.410 e. The van der Waals surface area contributed by atoms with E-state index in [4.69, 9.17) is 4.74 Å². The van der Waals surface area contributed by atoms with Gasteiger partial charge in [-0.25, -0.2) is 9.18 Å². The third-order valence-corrected chi connectivity index (χ3v) is 3.89. The zero-order chi connectivity index (χ0) is 17.9. The lowest BCUT2D eigenvalue weighted by molar-refractivity contribution is -0.126.